The Morgan fingerprint density at radius 1 is 1.45 bits per heavy atom. The first kappa shape index (κ1) is 15.0. The van der Waals surface area contributed by atoms with Gasteiger partial charge in [-0.3, -0.25) is 4.79 Å². The van der Waals surface area contributed by atoms with Gasteiger partial charge in [-0.25, -0.2) is 0 Å². The monoisotopic (exact) mass is 276 g/mol. The average Bonchev–Trinajstić information content (AvgIpc) is 2.45. The number of hydrogen-bond acceptors (Lipinski definition) is 3. The van der Waals surface area contributed by atoms with Crippen molar-refractivity contribution in [3.05, 3.63) is 35.9 Å². The summed E-state index contributed by atoms with van der Waals surface area (Å²) >= 11 is 0. The molecule has 2 atom stereocenters. The van der Waals surface area contributed by atoms with E-state index in [1.165, 1.54) is 0 Å². The van der Waals surface area contributed by atoms with Crippen LogP contribution in [0.5, 0.6) is 0 Å². The fraction of sp³-hybridized carbons (Fsp3) is 0.562. The highest BCUT2D eigenvalue weighted by atomic mass is 16.3. The van der Waals surface area contributed by atoms with Gasteiger partial charge in [0.05, 0.1) is 18.7 Å². The van der Waals surface area contributed by atoms with E-state index in [1.807, 2.05) is 30.3 Å². The molecule has 1 aliphatic rings. The molecule has 3 N–H and O–H groups in total. The zero-order valence-corrected chi connectivity index (χ0v) is 12.2. The predicted molar refractivity (Wildman–Crippen MR) is 79.2 cm³/mol. The predicted octanol–water partition coefficient (Wildman–Crippen LogP) is 1.61. The third kappa shape index (κ3) is 3.38. The molecule has 1 unspecified atom stereocenters. The Morgan fingerprint density at radius 3 is 2.75 bits per heavy atom. The van der Waals surface area contributed by atoms with Crippen molar-refractivity contribution in [3.63, 3.8) is 0 Å². The molecule has 1 heterocycles. The van der Waals surface area contributed by atoms with Gasteiger partial charge < -0.3 is 15.7 Å². The number of aliphatic hydroxyl groups excluding tert-OH is 1. The van der Waals surface area contributed by atoms with Crippen LogP contribution in [-0.4, -0.2) is 30.2 Å². The molecule has 0 aromatic heterocycles. The van der Waals surface area contributed by atoms with E-state index in [0.717, 1.165) is 24.9 Å². The lowest BCUT2D eigenvalue weighted by molar-refractivity contribution is -0.127. The fourth-order valence-corrected chi connectivity index (χ4v) is 2.83. The number of carbonyl (C=O) groups is 1. The molecular formula is C16H24N2O2. The van der Waals surface area contributed by atoms with Gasteiger partial charge in [0.2, 0.25) is 5.91 Å². The summed E-state index contributed by atoms with van der Waals surface area (Å²) in [5, 5.41) is 15.8. The highest BCUT2D eigenvalue weighted by Gasteiger charge is 2.37. The molecule has 4 heteroatoms. The number of benzene rings is 1. The number of rotatable bonds is 4. The molecule has 20 heavy (non-hydrogen) atoms. The lowest BCUT2D eigenvalue weighted by Gasteiger charge is -2.38. The second-order valence-electron chi connectivity index (χ2n) is 6.13. The Morgan fingerprint density at radius 2 is 2.15 bits per heavy atom. The zero-order chi connectivity index (χ0) is 14.6. The van der Waals surface area contributed by atoms with Crippen molar-refractivity contribution in [1.29, 1.82) is 0 Å². The lowest BCUT2D eigenvalue weighted by atomic mass is 9.77. The van der Waals surface area contributed by atoms with Gasteiger partial charge in [-0.15, -0.1) is 0 Å². The minimum atomic E-state index is -0.344. The van der Waals surface area contributed by atoms with Crippen LogP contribution in [0.25, 0.3) is 0 Å². The van der Waals surface area contributed by atoms with Crippen LogP contribution in [0.3, 0.4) is 0 Å². The summed E-state index contributed by atoms with van der Waals surface area (Å²) in [6.07, 6.45) is 2.13. The normalized spacial score (nSPS) is 23.1. The number of carbonyl (C=O) groups excluding carboxylic acids is 1. The Labute approximate surface area is 120 Å². The number of aliphatic hydroxyl groups is 1. The van der Waals surface area contributed by atoms with E-state index in [2.05, 4.69) is 24.5 Å². The summed E-state index contributed by atoms with van der Waals surface area (Å²) in [6.45, 7) is 5.00. The number of nitrogens with one attached hydrogen (secondary N) is 2. The van der Waals surface area contributed by atoms with Crippen molar-refractivity contribution in [2.45, 2.75) is 38.8 Å². The van der Waals surface area contributed by atoms with E-state index in [4.69, 9.17) is 0 Å². The maximum Gasteiger partial charge on any atom is 0.238 e. The Bertz CT molecular complexity index is 445. The van der Waals surface area contributed by atoms with Crippen molar-refractivity contribution < 1.29 is 9.90 Å². The maximum atomic E-state index is 12.5. The molecule has 0 radical (unpaired) electrons. The summed E-state index contributed by atoms with van der Waals surface area (Å²) in [4.78, 5) is 12.5. The Hall–Kier alpha value is -1.39. The van der Waals surface area contributed by atoms with Gasteiger partial charge in [0, 0.05) is 0 Å². The first-order chi connectivity index (χ1) is 9.54. The lowest BCUT2D eigenvalue weighted by Crippen LogP contribution is -2.56. The van der Waals surface area contributed by atoms with Crippen LogP contribution < -0.4 is 10.6 Å². The van der Waals surface area contributed by atoms with Crippen molar-refractivity contribution >= 4 is 5.91 Å². The maximum absolute atomic E-state index is 12.5. The summed E-state index contributed by atoms with van der Waals surface area (Å²) in [5.41, 5.74) is 0.871. The highest BCUT2D eigenvalue weighted by molar-refractivity contribution is 5.83. The SMILES string of the molecule is CC1(C)CCCNC1C(=O)N[C@H](CO)c1ccccc1. The quantitative estimate of drug-likeness (QED) is 0.783. The molecular weight excluding hydrogens is 252 g/mol. The number of hydrogen-bond donors (Lipinski definition) is 3. The van der Waals surface area contributed by atoms with E-state index in [-0.39, 0.29) is 30.0 Å². The molecule has 0 bridgehead atoms. The van der Waals surface area contributed by atoms with E-state index in [1.54, 1.807) is 0 Å². The van der Waals surface area contributed by atoms with Gasteiger partial charge in [-0.1, -0.05) is 44.2 Å². The summed E-state index contributed by atoms with van der Waals surface area (Å²) < 4.78 is 0. The van der Waals surface area contributed by atoms with Gasteiger partial charge in [0.15, 0.2) is 0 Å². The molecule has 0 spiro atoms. The van der Waals surface area contributed by atoms with Crippen molar-refractivity contribution in [3.8, 4) is 0 Å². The first-order valence-corrected chi connectivity index (χ1v) is 7.24. The van der Waals surface area contributed by atoms with Gasteiger partial charge in [-0.2, -0.15) is 0 Å². The molecule has 1 amide bonds. The van der Waals surface area contributed by atoms with E-state index < -0.39 is 0 Å². The Balaban J connectivity index is 2.06. The molecule has 110 valence electrons. The molecule has 2 rings (SSSR count). The molecule has 1 aromatic carbocycles. The second kappa shape index (κ2) is 6.37. The summed E-state index contributed by atoms with van der Waals surface area (Å²) in [7, 11) is 0. The van der Waals surface area contributed by atoms with Gasteiger partial charge in [0.1, 0.15) is 0 Å². The standard InChI is InChI=1S/C16H24N2O2/c1-16(2)9-6-10-17-14(16)15(20)18-13(11-19)12-7-4-3-5-8-12/h3-5,7-8,13-14,17,19H,6,9-11H2,1-2H3,(H,18,20)/t13-,14?/m1/s1. The molecule has 1 fully saturated rings. The summed E-state index contributed by atoms with van der Waals surface area (Å²) in [6, 6.07) is 9.03. The minimum Gasteiger partial charge on any atom is -0.394 e. The van der Waals surface area contributed by atoms with Crippen LogP contribution in [0.15, 0.2) is 30.3 Å². The topological polar surface area (TPSA) is 61.4 Å². The van der Waals surface area contributed by atoms with Gasteiger partial charge in [0.25, 0.3) is 0 Å². The third-order valence-corrected chi connectivity index (χ3v) is 4.09. The van der Waals surface area contributed by atoms with Crippen LogP contribution >= 0.6 is 0 Å². The highest BCUT2D eigenvalue weighted by Crippen LogP contribution is 2.30. The van der Waals surface area contributed by atoms with Crippen molar-refractivity contribution in [1.82, 2.24) is 10.6 Å². The zero-order valence-electron chi connectivity index (χ0n) is 12.2. The van der Waals surface area contributed by atoms with Crippen LogP contribution in [0, 0.1) is 5.41 Å². The van der Waals surface area contributed by atoms with Crippen molar-refractivity contribution in [2.75, 3.05) is 13.2 Å². The third-order valence-electron chi connectivity index (χ3n) is 4.09. The Kier molecular flexibility index (Phi) is 4.78. The molecule has 1 saturated heterocycles. The number of amides is 1. The fourth-order valence-electron chi connectivity index (χ4n) is 2.83. The molecule has 0 aliphatic carbocycles. The summed E-state index contributed by atoms with van der Waals surface area (Å²) in [5.74, 6) is -0.0300. The van der Waals surface area contributed by atoms with E-state index >= 15 is 0 Å². The number of piperidine rings is 1. The minimum absolute atomic E-state index is 0.0300. The van der Waals surface area contributed by atoms with Crippen LogP contribution in [0.2, 0.25) is 0 Å². The van der Waals surface area contributed by atoms with Gasteiger partial charge >= 0.3 is 0 Å². The van der Waals surface area contributed by atoms with Gasteiger partial charge in [-0.05, 0) is 30.4 Å². The molecule has 0 saturated carbocycles. The first-order valence-electron chi connectivity index (χ1n) is 7.24. The second-order valence-corrected chi connectivity index (χ2v) is 6.13. The average molecular weight is 276 g/mol. The van der Waals surface area contributed by atoms with Crippen LogP contribution in [0.4, 0.5) is 0 Å². The molecule has 1 aromatic rings. The van der Waals surface area contributed by atoms with E-state index in [0.29, 0.717) is 0 Å². The van der Waals surface area contributed by atoms with Crippen LogP contribution in [-0.2, 0) is 4.79 Å². The molecule has 1 aliphatic heterocycles. The van der Waals surface area contributed by atoms with Crippen LogP contribution in [0.1, 0.15) is 38.3 Å². The van der Waals surface area contributed by atoms with E-state index in [9.17, 15) is 9.90 Å². The smallest absolute Gasteiger partial charge is 0.238 e. The largest absolute Gasteiger partial charge is 0.394 e. The molecule has 4 nitrogen and oxygen atoms in total. The van der Waals surface area contributed by atoms with Crippen molar-refractivity contribution in [2.24, 2.45) is 5.41 Å².